The minimum absolute atomic E-state index is 0.0520. The van der Waals surface area contributed by atoms with Gasteiger partial charge in [-0.15, -0.1) is 0 Å². The zero-order chi connectivity index (χ0) is 94.7. The number of hydrogen-bond acceptors (Lipinski definition) is 30. The molecule has 0 radical (unpaired) electrons. The molecular formula is C90H107ClN24O15S3. The largest absolute Gasteiger partial charge is 0.437 e. The molecule has 5 aliphatic rings. The van der Waals surface area contributed by atoms with Gasteiger partial charge in [0.05, 0.1) is 37.7 Å². The summed E-state index contributed by atoms with van der Waals surface area (Å²) in [7, 11) is -3.54. The molecule has 17 rings (SSSR count). The van der Waals surface area contributed by atoms with E-state index in [4.69, 9.17) is 51.1 Å². The first-order valence-corrected chi connectivity index (χ1v) is 48.7. The molecule has 11 heterocycles. The highest BCUT2D eigenvalue weighted by atomic mass is 35.5. The van der Waals surface area contributed by atoms with Gasteiger partial charge in [-0.3, -0.25) is 23.5 Å². The maximum absolute atomic E-state index is 12.0. The molecule has 5 atom stereocenters. The van der Waals surface area contributed by atoms with Crippen LogP contribution in [0.5, 0.6) is 34.9 Å². The fourth-order valence-corrected chi connectivity index (χ4v) is 18.0. The number of aromatic amines is 1. The van der Waals surface area contributed by atoms with E-state index in [1.165, 1.54) is 56.2 Å². The monoisotopic (exact) mass is 1890 g/mol. The Morgan fingerprint density at radius 3 is 1.25 bits per heavy atom. The highest BCUT2D eigenvalue weighted by Gasteiger charge is 2.35. The van der Waals surface area contributed by atoms with E-state index >= 15 is 0 Å². The standard InChI is InChI=1S/C31H36N8O5S.C26H28N8O4S.C19H18ClN5O3.C12H19N3O2S.C2H6O/c1-4-26(40)33-22-8-7-9-25(18-22)44-30-28-29(39(20-32-28)27-10-5-6-17-43-27)35-31(36-30)34-21-11-13-23(14-12-21)37(2)24-15-16-38(19-24)45(3,41)42;1-4-22(35)29-18-6-5-7-21(14-18)38-25-23-24(28-16-27-23)31-26(32-25)30-17-8-10-19(11-9-17)33(2)20-12-13-34(15-20)39(3,36)37;1-2-14(26)22-12-6-5-7-13(10-12)28-18-16-17(23-19(20)24-18)25(11-21-16)15-8-3-4-9-27-15;1-14(11-5-3-10(13)4-6-11)12-7-8-15(9-12)18(2,16)17;1-2-3/h4,7-9,11-14,18,20,24,27H,1,5-6,10,15-17,19H2,2-3H3,(H,33,40)(H,34,35,36);4-11,14,16,20H,1,12-13,15H2,2-3H3,(H,29,35)(H2,27,28,30,31,32);2,5-7,10-11,15H,1,3-4,8-9H2,(H,22,26);3-6,12H,7-9,13H2,1-2H3;3H,2H2,1H3/t24-,27?;20-;;12-;/m00.0./s1. The first kappa shape index (κ1) is 97.2. The number of amides is 3. The lowest BCUT2D eigenvalue weighted by atomic mass is 10.2. The Morgan fingerprint density at radius 1 is 0.504 bits per heavy atom. The van der Waals surface area contributed by atoms with Crippen molar-refractivity contribution >= 4 is 156 Å². The average molecular weight is 1900 g/mol. The van der Waals surface area contributed by atoms with Crippen LogP contribution in [0.25, 0.3) is 33.5 Å². The Balaban J connectivity index is 0.000000156. The van der Waals surface area contributed by atoms with Gasteiger partial charge in [0.25, 0.3) is 17.6 Å². The first-order valence-electron chi connectivity index (χ1n) is 42.8. The van der Waals surface area contributed by atoms with Crippen LogP contribution in [-0.2, 0) is 53.9 Å². The second kappa shape index (κ2) is 44.3. The second-order valence-electron chi connectivity index (χ2n) is 31.6. The molecule has 43 heteroatoms. The van der Waals surface area contributed by atoms with Crippen molar-refractivity contribution in [1.82, 2.24) is 71.9 Å². The van der Waals surface area contributed by atoms with Gasteiger partial charge in [-0.05, 0) is 204 Å². The van der Waals surface area contributed by atoms with E-state index < -0.39 is 30.1 Å². The Hall–Kier alpha value is -13.3. The summed E-state index contributed by atoms with van der Waals surface area (Å²) in [5.74, 6) is 1.78. The number of benzene rings is 6. The third-order valence-electron chi connectivity index (χ3n) is 22.2. The number of nitrogen functional groups attached to an aromatic ring is 1. The van der Waals surface area contributed by atoms with Crippen LogP contribution in [0.15, 0.2) is 203 Å². The second-order valence-corrected chi connectivity index (χ2v) is 37.9. The van der Waals surface area contributed by atoms with Crippen molar-refractivity contribution in [3.8, 4) is 34.9 Å². The number of carbonyl (C=O) groups is 3. The van der Waals surface area contributed by atoms with Crippen molar-refractivity contribution in [3.63, 3.8) is 0 Å². The van der Waals surface area contributed by atoms with E-state index in [9.17, 15) is 39.6 Å². The molecule has 5 saturated heterocycles. The Kier molecular flexibility index (Phi) is 32.4. The maximum Gasteiger partial charge on any atom is 0.252 e. The van der Waals surface area contributed by atoms with Gasteiger partial charge in [0.15, 0.2) is 28.0 Å². The number of aromatic nitrogens is 12. The minimum Gasteiger partial charge on any atom is -0.437 e. The number of H-pyrrole nitrogens is 1. The number of halogens is 1. The summed E-state index contributed by atoms with van der Waals surface area (Å²) in [5.41, 5.74) is 15.6. The third kappa shape index (κ3) is 25.9. The van der Waals surface area contributed by atoms with Crippen LogP contribution in [-0.4, -0.2) is 237 Å². The molecule has 3 amide bonds. The number of sulfonamides is 3. The lowest BCUT2D eigenvalue weighted by molar-refractivity contribution is -0.112. The zero-order valence-corrected chi connectivity index (χ0v) is 77.7. The molecular weight excluding hydrogens is 1790 g/mol. The normalized spacial score (nSPS) is 17.5. The number of nitrogens with two attached hydrogens (primary N) is 1. The Morgan fingerprint density at radius 2 is 0.872 bits per heavy atom. The number of rotatable bonds is 27. The number of carbonyl (C=O) groups excluding carboxylic acids is 3. The topological polar surface area (TPSA) is 467 Å². The molecule has 12 aromatic rings. The minimum atomic E-state index is -3.21. The molecule has 2 unspecified atom stereocenters. The van der Waals surface area contributed by atoms with E-state index in [2.05, 4.69) is 106 Å². The Bertz CT molecular complexity index is 6470. The van der Waals surface area contributed by atoms with Gasteiger partial charge < -0.3 is 80.8 Å². The molecule has 0 spiro atoms. The molecule has 0 bridgehead atoms. The van der Waals surface area contributed by atoms with Crippen LogP contribution >= 0.6 is 11.6 Å². The zero-order valence-electron chi connectivity index (χ0n) is 74.5. The van der Waals surface area contributed by atoms with Gasteiger partial charge in [-0.2, -0.15) is 29.9 Å². The Labute approximate surface area is 775 Å². The van der Waals surface area contributed by atoms with E-state index in [1.807, 2.05) is 103 Å². The van der Waals surface area contributed by atoms with Crippen molar-refractivity contribution in [3.05, 3.63) is 208 Å². The predicted octanol–water partition coefficient (Wildman–Crippen LogP) is 13.0. The lowest BCUT2D eigenvalue weighted by Crippen LogP contribution is -2.36. The average Bonchev–Trinajstić information content (AvgIpc) is 1.65. The highest BCUT2D eigenvalue weighted by Crippen LogP contribution is 2.38. The molecule has 0 aliphatic carbocycles. The van der Waals surface area contributed by atoms with Gasteiger partial charge in [-0.1, -0.05) is 37.9 Å². The van der Waals surface area contributed by atoms with Gasteiger partial charge in [0.2, 0.25) is 65.0 Å². The van der Waals surface area contributed by atoms with Crippen molar-refractivity contribution in [2.24, 2.45) is 0 Å². The fourth-order valence-electron chi connectivity index (χ4n) is 15.2. The molecule has 133 heavy (non-hydrogen) atoms. The van der Waals surface area contributed by atoms with E-state index in [0.29, 0.717) is 132 Å². The number of ether oxygens (including phenoxy) is 5. The highest BCUT2D eigenvalue weighted by molar-refractivity contribution is 7.88. The quantitative estimate of drug-likeness (QED) is 0.0135. The smallest absolute Gasteiger partial charge is 0.252 e. The van der Waals surface area contributed by atoms with Gasteiger partial charge in [0.1, 0.15) is 35.2 Å². The van der Waals surface area contributed by atoms with Gasteiger partial charge in [-0.25, -0.2) is 53.1 Å². The number of fused-ring (bicyclic) bond motifs is 3. The first-order chi connectivity index (χ1) is 63.8. The number of imidazole rings is 3. The van der Waals surface area contributed by atoms with Crippen LogP contribution in [0, 0.1) is 0 Å². The van der Waals surface area contributed by atoms with Crippen molar-refractivity contribution in [1.29, 1.82) is 0 Å². The van der Waals surface area contributed by atoms with Crippen LogP contribution in [0.2, 0.25) is 5.28 Å². The van der Waals surface area contributed by atoms with Crippen molar-refractivity contribution in [2.45, 2.75) is 95.3 Å². The molecule has 39 nitrogen and oxygen atoms in total. The number of nitrogens with one attached hydrogen (secondary N) is 6. The van der Waals surface area contributed by atoms with Crippen molar-refractivity contribution < 1.29 is 68.4 Å². The number of nitrogens with zero attached hydrogens (tertiary/aromatic N) is 17. The number of aliphatic hydroxyl groups excluding tert-OH is 1. The number of likely N-dealkylation sites (N-methyl/N-ethyl adjacent to an activating group) is 3. The molecule has 5 aliphatic heterocycles. The summed E-state index contributed by atoms with van der Waals surface area (Å²) in [6, 6.07) is 44.4. The molecule has 6 aromatic carbocycles. The van der Waals surface area contributed by atoms with E-state index in [-0.39, 0.29) is 77.8 Å². The molecule has 5 fully saturated rings. The molecule has 6 aromatic heterocycles. The predicted molar refractivity (Wildman–Crippen MR) is 514 cm³/mol. The summed E-state index contributed by atoms with van der Waals surface area (Å²) in [5, 5.41) is 22.2. The van der Waals surface area contributed by atoms with Crippen molar-refractivity contribution in [2.75, 3.05) is 146 Å². The van der Waals surface area contributed by atoms with Crippen LogP contribution in [0.1, 0.15) is 77.2 Å². The summed E-state index contributed by atoms with van der Waals surface area (Å²) >= 11 is 6.12. The summed E-state index contributed by atoms with van der Waals surface area (Å²) < 4.78 is 109. The SMILES string of the molecule is C=CC(=O)Nc1cccc(Oc2nc(Cl)nc3c2ncn3C2CCCCO2)c1.C=CC(=O)Nc1cccc(Oc2nc(Nc3ccc(N(C)[C@H]4CCN(S(C)(=O)=O)C4)cc3)nc3c2ncn3C2CCCCO2)c1.C=CC(=O)Nc1cccc(Oc2nc(Nc3ccc(N(C)[C@H]4CCN(S(C)(=O)=O)C4)cc3)nc3nc[nH]c23)c1.CCO.CN(c1ccc(N)cc1)[C@H]1CCN(S(C)(=O)=O)C1. The summed E-state index contributed by atoms with van der Waals surface area (Å²) in [6.45, 7) is 16.8. The maximum atomic E-state index is 12.0. The lowest BCUT2D eigenvalue weighted by Gasteiger charge is -2.27. The van der Waals surface area contributed by atoms with Gasteiger partial charge >= 0.3 is 0 Å². The number of aliphatic hydroxyl groups is 1. The summed E-state index contributed by atoms with van der Waals surface area (Å²) in [6.07, 6.45) is 20.2. The molecule has 702 valence electrons. The third-order valence-corrected chi connectivity index (χ3v) is 26.2. The van der Waals surface area contributed by atoms with Crippen LogP contribution < -0.4 is 61.2 Å². The molecule has 9 N–H and O–H groups in total. The fraction of sp³-hybridized carbons (Fsp3) is 0.333. The summed E-state index contributed by atoms with van der Waals surface area (Å²) in [4.78, 5) is 84.5. The van der Waals surface area contributed by atoms with Crippen LogP contribution in [0.3, 0.4) is 0 Å². The number of anilines is 11. The van der Waals surface area contributed by atoms with E-state index in [1.54, 1.807) is 92.4 Å². The number of hydrogen-bond donors (Lipinski definition) is 8. The van der Waals surface area contributed by atoms with Gasteiger partial charge in [0, 0.05) is 168 Å². The van der Waals surface area contributed by atoms with E-state index in [0.717, 1.165) is 91.9 Å². The molecule has 0 saturated carbocycles. The van der Waals surface area contributed by atoms with Crippen LogP contribution in [0.4, 0.5) is 63.1 Å².